The molecule has 46 heavy (non-hydrogen) atoms. The van der Waals surface area contributed by atoms with Crippen LogP contribution in [-0.2, 0) is 22.5 Å². The van der Waals surface area contributed by atoms with Crippen molar-refractivity contribution in [3.8, 4) is 28.5 Å². The van der Waals surface area contributed by atoms with E-state index < -0.39 is 12.0 Å². The van der Waals surface area contributed by atoms with Gasteiger partial charge in [0, 0.05) is 47.5 Å². The summed E-state index contributed by atoms with van der Waals surface area (Å²) >= 11 is 0. The third-order valence-corrected chi connectivity index (χ3v) is 9.12. The molecule has 9 heteroatoms. The van der Waals surface area contributed by atoms with E-state index in [0.29, 0.717) is 43.4 Å². The van der Waals surface area contributed by atoms with E-state index in [0.717, 1.165) is 52.1 Å². The van der Waals surface area contributed by atoms with Gasteiger partial charge in [0.15, 0.2) is 0 Å². The summed E-state index contributed by atoms with van der Waals surface area (Å²) < 4.78 is 24.7. The third-order valence-electron chi connectivity index (χ3n) is 9.12. The van der Waals surface area contributed by atoms with Crippen LogP contribution in [0.25, 0.3) is 22.2 Å². The molecule has 2 heterocycles. The Morgan fingerprint density at radius 3 is 2.52 bits per heavy atom. The number of nitrogens with one attached hydrogen (secondary N) is 1. The summed E-state index contributed by atoms with van der Waals surface area (Å²) in [6.45, 7) is 1.62. The Balaban J connectivity index is 1.32. The van der Waals surface area contributed by atoms with Crippen molar-refractivity contribution in [3.63, 3.8) is 0 Å². The van der Waals surface area contributed by atoms with Crippen LogP contribution in [0.4, 0.5) is 0 Å². The van der Waals surface area contributed by atoms with Crippen LogP contribution in [0.2, 0.25) is 0 Å². The highest BCUT2D eigenvalue weighted by atomic mass is 16.5. The molecule has 1 aliphatic carbocycles. The lowest BCUT2D eigenvalue weighted by Gasteiger charge is -2.23. The summed E-state index contributed by atoms with van der Waals surface area (Å²) in [7, 11) is 2.98. The van der Waals surface area contributed by atoms with Crippen LogP contribution in [0.1, 0.15) is 65.9 Å². The SMILES string of the molecule is COC(=O)[C@H](Cc1ccc(OCCCO)cc1)NC(=O)c1ccc2c(C3CCCCC3)c3n(c2c1)CCOc1cc(OC)ccc1-3. The van der Waals surface area contributed by atoms with Crippen LogP contribution < -0.4 is 19.5 Å². The molecule has 3 aromatic carbocycles. The van der Waals surface area contributed by atoms with Gasteiger partial charge in [0.25, 0.3) is 5.91 Å². The van der Waals surface area contributed by atoms with Gasteiger partial charge in [-0.2, -0.15) is 0 Å². The van der Waals surface area contributed by atoms with Gasteiger partial charge >= 0.3 is 5.97 Å². The molecule has 0 bridgehead atoms. The topological polar surface area (TPSA) is 108 Å². The van der Waals surface area contributed by atoms with E-state index >= 15 is 0 Å². The molecule has 0 unspecified atom stereocenters. The number of hydrogen-bond acceptors (Lipinski definition) is 7. The molecular weight excluding hydrogens is 584 g/mol. The molecule has 1 aliphatic heterocycles. The number of hydrogen-bond donors (Lipinski definition) is 2. The smallest absolute Gasteiger partial charge is 0.328 e. The molecule has 4 aromatic rings. The summed E-state index contributed by atoms with van der Waals surface area (Å²) in [6.07, 6.45) is 6.76. The predicted molar refractivity (Wildman–Crippen MR) is 176 cm³/mol. The lowest BCUT2D eigenvalue weighted by atomic mass is 9.81. The molecule has 2 N–H and O–H groups in total. The third kappa shape index (κ3) is 6.56. The molecule has 1 saturated carbocycles. The number of aliphatic hydroxyl groups excluding tert-OH is 1. The predicted octanol–water partition coefficient (Wildman–Crippen LogP) is 6.03. The number of fused-ring (bicyclic) bond motifs is 5. The van der Waals surface area contributed by atoms with Gasteiger partial charge in [-0.3, -0.25) is 4.79 Å². The maximum absolute atomic E-state index is 13.7. The Kier molecular flexibility index (Phi) is 9.78. The van der Waals surface area contributed by atoms with E-state index in [1.54, 1.807) is 7.11 Å². The van der Waals surface area contributed by atoms with Crippen LogP contribution in [0.5, 0.6) is 17.2 Å². The van der Waals surface area contributed by atoms with Gasteiger partial charge in [-0.25, -0.2) is 4.79 Å². The summed E-state index contributed by atoms with van der Waals surface area (Å²) in [6, 6.07) is 18.4. The highest BCUT2D eigenvalue weighted by Gasteiger charge is 2.30. The number of rotatable bonds is 11. The van der Waals surface area contributed by atoms with Gasteiger partial charge < -0.3 is 33.9 Å². The number of ether oxygens (including phenoxy) is 4. The molecule has 1 fully saturated rings. The van der Waals surface area contributed by atoms with Crippen molar-refractivity contribution in [1.29, 1.82) is 0 Å². The van der Waals surface area contributed by atoms with Gasteiger partial charge in [0.1, 0.15) is 29.9 Å². The molecule has 242 valence electrons. The first kappa shape index (κ1) is 31.5. The Labute approximate surface area is 269 Å². The van der Waals surface area contributed by atoms with Crippen LogP contribution in [-0.4, -0.2) is 61.6 Å². The summed E-state index contributed by atoms with van der Waals surface area (Å²) in [5, 5.41) is 13.1. The van der Waals surface area contributed by atoms with Crippen LogP contribution in [0, 0.1) is 0 Å². The summed E-state index contributed by atoms with van der Waals surface area (Å²) in [5.74, 6) is 1.81. The highest BCUT2D eigenvalue weighted by Crippen LogP contribution is 2.47. The Morgan fingerprint density at radius 1 is 1.00 bits per heavy atom. The van der Waals surface area contributed by atoms with Crippen molar-refractivity contribution in [2.75, 3.05) is 34.0 Å². The second kappa shape index (κ2) is 14.3. The molecular formula is C37H42N2O7. The van der Waals surface area contributed by atoms with Gasteiger partial charge in [-0.1, -0.05) is 37.5 Å². The Hall–Kier alpha value is -4.50. The van der Waals surface area contributed by atoms with Gasteiger partial charge in [0.2, 0.25) is 0 Å². The molecule has 0 spiro atoms. The first-order valence-corrected chi connectivity index (χ1v) is 16.2. The first-order chi connectivity index (χ1) is 22.5. The standard InChI is InChI=1S/C37H42N2O7/c1-43-28-14-16-30-33(23-28)46-20-17-39-32-22-26(11-15-29(32)34(35(30)39)25-7-4-3-5-8-25)36(41)38-31(37(42)44-2)21-24-9-12-27(13-10-24)45-19-6-18-40/h9-16,22-23,25,31,40H,3-8,17-21H2,1-2H3,(H,38,41)/t31-/m0/s1. The van der Waals surface area contributed by atoms with Crippen LogP contribution in [0.15, 0.2) is 60.7 Å². The fourth-order valence-corrected chi connectivity index (χ4v) is 6.83. The Bertz CT molecular complexity index is 1690. The monoisotopic (exact) mass is 626 g/mol. The lowest BCUT2D eigenvalue weighted by molar-refractivity contribution is -0.142. The van der Waals surface area contributed by atoms with E-state index in [-0.39, 0.29) is 18.9 Å². The maximum Gasteiger partial charge on any atom is 0.328 e. The van der Waals surface area contributed by atoms with Crippen molar-refractivity contribution in [2.24, 2.45) is 0 Å². The molecule has 1 amide bonds. The van der Waals surface area contributed by atoms with E-state index in [2.05, 4.69) is 22.0 Å². The molecule has 6 rings (SSSR count). The zero-order valence-electron chi connectivity index (χ0n) is 26.6. The van der Waals surface area contributed by atoms with Gasteiger partial charge in [0.05, 0.1) is 33.1 Å². The van der Waals surface area contributed by atoms with Gasteiger partial charge in [-0.15, -0.1) is 0 Å². The van der Waals surface area contributed by atoms with Crippen LogP contribution >= 0.6 is 0 Å². The molecule has 1 aromatic heterocycles. The number of esters is 1. The van der Waals surface area contributed by atoms with E-state index in [1.807, 2.05) is 48.5 Å². The second-order valence-corrected chi connectivity index (χ2v) is 12.0. The average Bonchev–Trinajstić information content (AvgIpc) is 3.29. The van der Waals surface area contributed by atoms with Crippen molar-refractivity contribution in [2.45, 2.75) is 63.5 Å². The van der Waals surface area contributed by atoms with Crippen molar-refractivity contribution < 1.29 is 33.6 Å². The lowest BCUT2D eigenvalue weighted by Crippen LogP contribution is -2.43. The number of amides is 1. The number of benzene rings is 3. The highest BCUT2D eigenvalue weighted by molar-refractivity contribution is 6.02. The normalized spacial score (nSPS) is 15.2. The molecule has 1 atom stereocenters. The van der Waals surface area contributed by atoms with Crippen LogP contribution in [0.3, 0.4) is 0 Å². The number of methoxy groups -OCH3 is 2. The van der Waals surface area contributed by atoms with E-state index in [1.165, 1.54) is 31.9 Å². The molecule has 0 saturated heterocycles. The zero-order chi connectivity index (χ0) is 32.0. The molecule has 2 aliphatic rings. The fourth-order valence-electron chi connectivity index (χ4n) is 6.83. The number of nitrogens with zero attached hydrogens (tertiary/aromatic N) is 1. The van der Waals surface area contributed by atoms with Crippen molar-refractivity contribution in [1.82, 2.24) is 9.88 Å². The minimum Gasteiger partial charge on any atom is -0.497 e. The largest absolute Gasteiger partial charge is 0.497 e. The maximum atomic E-state index is 13.7. The molecule has 0 radical (unpaired) electrons. The number of carbonyl (C=O) groups excluding carboxylic acids is 2. The minimum absolute atomic E-state index is 0.0677. The minimum atomic E-state index is -0.869. The number of aromatic nitrogens is 1. The second-order valence-electron chi connectivity index (χ2n) is 12.0. The fraction of sp³-hybridized carbons (Fsp3) is 0.405. The quantitative estimate of drug-likeness (QED) is 0.155. The molecule has 9 nitrogen and oxygen atoms in total. The first-order valence-electron chi connectivity index (χ1n) is 16.2. The van der Waals surface area contributed by atoms with Crippen molar-refractivity contribution >= 4 is 22.8 Å². The Morgan fingerprint density at radius 2 is 1.78 bits per heavy atom. The van der Waals surface area contributed by atoms with Crippen molar-refractivity contribution in [3.05, 3.63) is 77.4 Å². The van der Waals surface area contributed by atoms with E-state index in [4.69, 9.17) is 24.1 Å². The van der Waals surface area contributed by atoms with Gasteiger partial charge in [-0.05, 0) is 66.3 Å². The average molecular weight is 627 g/mol. The summed E-state index contributed by atoms with van der Waals surface area (Å²) in [5.41, 5.74) is 5.84. The zero-order valence-corrected chi connectivity index (χ0v) is 26.6. The number of aliphatic hydroxyl groups is 1. The van der Waals surface area contributed by atoms with E-state index in [9.17, 15) is 9.59 Å². The number of carbonyl (C=O) groups is 2. The summed E-state index contributed by atoms with van der Waals surface area (Å²) in [4.78, 5) is 26.5.